The molecule has 1 aliphatic heterocycles. The van der Waals surface area contributed by atoms with Gasteiger partial charge in [0.05, 0.1) is 23.9 Å². The summed E-state index contributed by atoms with van der Waals surface area (Å²) < 4.78 is 38.0. The molecule has 2 N–H and O–H groups in total. The summed E-state index contributed by atoms with van der Waals surface area (Å²) in [6, 6.07) is 7.45. The van der Waals surface area contributed by atoms with Gasteiger partial charge < -0.3 is 14.5 Å². The van der Waals surface area contributed by atoms with Gasteiger partial charge in [0, 0.05) is 18.7 Å². The first-order valence-electron chi connectivity index (χ1n) is 8.17. The summed E-state index contributed by atoms with van der Waals surface area (Å²) in [5, 5.41) is 2.79. The second-order valence-corrected chi connectivity index (χ2v) is 8.04. The fourth-order valence-electron chi connectivity index (χ4n) is 2.62. The third-order valence-electron chi connectivity index (χ3n) is 4.01. The molecule has 1 saturated heterocycles. The summed E-state index contributed by atoms with van der Waals surface area (Å²) in [5.74, 6) is 0.0924. The van der Waals surface area contributed by atoms with Crippen LogP contribution in [0.15, 0.2) is 45.9 Å². The Labute approximate surface area is 156 Å². The number of nitrogens with one attached hydrogen (secondary N) is 2. The van der Waals surface area contributed by atoms with E-state index in [1.165, 1.54) is 24.5 Å². The van der Waals surface area contributed by atoms with E-state index in [-0.39, 0.29) is 34.0 Å². The molecule has 1 aromatic heterocycles. The number of rotatable bonds is 7. The second-order valence-electron chi connectivity index (χ2n) is 5.89. The average molecular weight is 399 g/mol. The summed E-state index contributed by atoms with van der Waals surface area (Å²) >= 11 is 6.03. The predicted molar refractivity (Wildman–Crippen MR) is 95.5 cm³/mol. The van der Waals surface area contributed by atoms with Gasteiger partial charge in [-0.3, -0.25) is 4.79 Å². The minimum atomic E-state index is -3.90. The van der Waals surface area contributed by atoms with Crippen molar-refractivity contribution in [3.05, 3.63) is 52.9 Å². The number of furan rings is 1. The highest BCUT2D eigenvalue weighted by molar-refractivity contribution is 7.89. The Morgan fingerprint density at radius 2 is 2.15 bits per heavy atom. The quantitative estimate of drug-likeness (QED) is 0.745. The van der Waals surface area contributed by atoms with Gasteiger partial charge in [-0.1, -0.05) is 11.6 Å². The van der Waals surface area contributed by atoms with Gasteiger partial charge in [-0.2, -0.15) is 0 Å². The van der Waals surface area contributed by atoms with E-state index >= 15 is 0 Å². The van der Waals surface area contributed by atoms with Crippen LogP contribution in [0.25, 0.3) is 0 Å². The minimum Gasteiger partial charge on any atom is -0.468 e. The molecule has 2 aromatic rings. The summed E-state index contributed by atoms with van der Waals surface area (Å²) in [5.41, 5.74) is 0.214. The SMILES string of the molecule is O=C(NC[C@@H]1CCCO1)c1ccc(Cl)c(S(=O)(=O)NCc2ccco2)c1. The van der Waals surface area contributed by atoms with Crippen LogP contribution < -0.4 is 10.0 Å². The fraction of sp³-hybridized carbons (Fsp3) is 0.353. The van der Waals surface area contributed by atoms with Crippen molar-refractivity contribution in [3.8, 4) is 0 Å². The molecule has 0 saturated carbocycles. The molecule has 26 heavy (non-hydrogen) atoms. The molecule has 1 aromatic carbocycles. The van der Waals surface area contributed by atoms with E-state index in [1.54, 1.807) is 12.1 Å². The number of carbonyl (C=O) groups excluding carboxylic acids is 1. The Kier molecular flexibility index (Phi) is 5.98. The molecule has 1 fully saturated rings. The molecule has 140 valence electrons. The Balaban J connectivity index is 1.70. The fourth-order valence-corrected chi connectivity index (χ4v) is 4.14. The van der Waals surface area contributed by atoms with Crippen molar-refractivity contribution in [1.29, 1.82) is 0 Å². The average Bonchev–Trinajstić information content (AvgIpc) is 3.32. The van der Waals surface area contributed by atoms with Crippen LogP contribution in [0.5, 0.6) is 0 Å². The molecule has 1 amide bonds. The molecule has 3 rings (SSSR count). The first-order chi connectivity index (χ1) is 12.5. The molecule has 7 nitrogen and oxygen atoms in total. The number of amides is 1. The summed E-state index contributed by atoms with van der Waals surface area (Å²) in [4.78, 5) is 12.1. The molecule has 0 aliphatic carbocycles. The van der Waals surface area contributed by atoms with Crippen LogP contribution in [-0.4, -0.2) is 33.6 Å². The lowest BCUT2D eigenvalue weighted by Gasteiger charge is -2.12. The lowest BCUT2D eigenvalue weighted by atomic mass is 10.2. The number of halogens is 1. The monoisotopic (exact) mass is 398 g/mol. The van der Waals surface area contributed by atoms with Gasteiger partial charge in [-0.05, 0) is 43.2 Å². The van der Waals surface area contributed by atoms with Gasteiger partial charge in [-0.25, -0.2) is 13.1 Å². The number of benzene rings is 1. The van der Waals surface area contributed by atoms with Crippen LogP contribution in [0.4, 0.5) is 0 Å². The van der Waals surface area contributed by atoms with Gasteiger partial charge in [0.15, 0.2) is 0 Å². The maximum Gasteiger partial charge on any atom is 0.251 e. The Bertz CT molecular complexity index is 861. The lowest BCUT2D eigenvalue weighted by molar-refractivity contribution is 0.0857. The second kappa shape index (κ2) is 8.22. The number of sulfonamides is 1. The molecule has 0 bridgehead atoms. The van der Waals surface area contributed by atoms with Crippen molar-refractivity contribution >= 4 is 27.5 Å². The molecular weight excluding hydrogens is 380 g/mol. The van der Waals surface area contributed by atoms with Gasteiger partial charge >= 0.3 is 0 Å². The number of hydrogen-bond donors (Lipinski definition) is 2. The van der Waals surface area contributed by atoms with Gasteiger partial charge in [0.2, 0.25) is 10.0 Å². The van der Waals surface area contributed by atoms with Gasteiger partial charge in [0.1, 0.15) is 10.7 Å². The lowest BCUT2D eigenvalue weighted by Crippen LogP contribution is -2.32. The highest BCUT2D eigenvalue weighted by Gasteiger charge is 2.21. The Morgan fingerprint density at radius 1 is 1.31 bits per heavy atom. The van der Waals surface area contributed by atoms with Crippen molar-refractivity contribution in [2.24, 2.45) is 0 Å². The van der Waals surface area contributed by atoms with Crippen LogP contribution in [0.1, 0.15) is 29.0 Å². The van der Waals surface area contributed by atoms with Crippen LogP contribution in [0.3, 0.4) is 0 Å². The summed E-state index contributed by atoms with van der Waals surface area (Å²) in [6.07, 6.45) is 3.34. The molecule has 1 atom stereocenters. The third kappa shape index (κ3) is 4.64. The molecule has 0 unspecified atom stereocenters. The zero-order chi connectivity index (χ0) is 18.6. The minimum absolute atomic E-state index is 0.00409. The summed E-state index contributed by atoms with van der Waals surface area (Å²) in [7, 11) is -3.90. The normalized spacial score (nSPS) is 17.3. The van der Waals surface area contributed by atoms with Crippen molar-refractivity contribution in [1.82, 2.24) is 10.0 Å². The van der Waals surface area contributed by atoms with Crippen molar-refractivity contribution < 1.29 is 22.4 Å². The Morgan fingerprint density at radius 3 is 2.85 bits per heavy atom. The largest absolute Gasteiger partial charge is 0.468 e. The first kappa shape index (κ1) is 18.9. The molecule has 0 spiro atoms. The zero-order valence-corrected chi connectivity index (χ0v) is 15.5. The highest BCUT2D eigenvalue weighted by Crippen LogP contribution is 2.23. The van der Waals surface area contributed by atoms with E-state index < -0.39 is 10.0 Å². The van der Waals surface area contributed by atoms with E-state index in [1.807, 2.05) is 0 Å². The van der Waals surface area contributed by atoms with Gasteiger partial charge in [0.25, 0.3) is 5.91 Å². The zero-order valence-electron chi connectivity index (χ0n) is 13.9. The Hall–Kier alpha value is -1.87. The van der Waals surface area contributed by atoms with Crippen molar-refractivity contribution in [3.63, 3.8) is 0 Å². The predicted octanol–water partition coefficient (Wildman–Crippen LogP) is 2.32. The van der Waals surface area contributed by atoms with Crippen LogP contribution in [-0.2, 0) is 21.3 Å². The smallest absolute Gasteiger partial charge is 0.251 e. The maximum atomic E-state index is 12.5. The summed E-state index contributed by atoms with van der Waals surface area (Å²) in [6.45, 7) is 1.08. The molecule has 9 heteroatoms. The number of carbonyl (C=O) groups is 1. The first-order valence-corrected chi connectivity index (χ1v) is 10.0. The van der Waals surface area contributed by atoms with Crippen molar-refractivity contribution in [2.45, 2.75) is 30.4 Å². The number of ether oxygens (including phenoxy) is 1. The highest BCUT2D eigenvalue weighted by atomic mass is 35.5. The van der Waals surface area contributed by atoms with E-state index in [0.29, 0.717) is 18.9 Å². The van der Waals surface area contributed by atoms with Crippen LogP contribution in [0, 0.1) is 0 Å². The topological polar surface area (TPSA) is 97.6 Å². The maximum absolute atomic E-state index is 12.5. The van der Waals surface area contributed by atoms with Crippen LogP contribution in [0.2, 0.25) is 5.02 Å². The van der Waals surface area contributed by atoms with E-state index in [4.69, 9.17) is 20.8 Å². The molecule has 2 heterocycles. The molecule has 0 radical (unpaired) electrons. The molecule has 1 aliphatic rings. The van der Waals surface area contributed by atoms with E-state index in [0.717, 1.165) is 12.8 Å². The van der Waals surface area contributed by atoms with E-state index in [2.05, 4.69) is 10.0 Å². The number of hydrogen-bond acceptors (Lipinski definition) is 5. The third-order valence-corrected chi connectivity index (χ3v) is 5.90. The standard InChI is InChI=1S/C17H19ClN2O5S/c18-15-6-5-12(17(21)19-10-13-3-1-7-24-13)9-16(15)26(22,23)20-11-14-4-2-8-25-14/h2,4-6,8-9,13,20H,1,3,7,10-11H2,(H,19,21)/t13-/m0/s1. The van der Waals surface area contributed by atoms with Gasteiger partial charge in [-0.15, -0.1) is 0 Å². The van der Waals surface area contributed by atoms with Crippen molar-refractivity contribution in [2.75, 3.05) is 13.2 Å². The molecular formula is C17H19ClN2O5S. The van der Waals surface area contributed by atoms with E-state index in [9.17, 15) is 13.2 Å². The van der Waals surface area contributed by atoms with Crippen LogP contribution >= 0.6 is 11.6 Å².